The molecule has 0 aliphatic carbocycles. The molecule has 0 radical (unpaired) electrons. The van der Waals surface area contributed by atoms with Gasteiger partial charge in [0.25, 0.3) is 5.91 Å². The van der Waals surface area contributed by atoms with Crippen LogP contribution in [0, 0.1) is 0 Å². The molecule has 0 fully saturated rings. The number of carbonyl (C=O) groups is 2. The van der Waals surface area contributed by atoms with Gasteiger partial charge in [-0.05, 0) is 49.2 Å². The zero-order valence-electron chi connectivity index (χ0n) is 17.4. The van der Waals surface area contributed by atoms with Gasteiger partial charge in [-0.2, -0.15) is 0 Å². The number of fused-ring (bicyclic) bond motifs is 1. The number of hydrogen-bond acceptors (Lipinski definition) is 2. The highest BCUT2D eigenvalue weighted by Crippen LogP contribution is 2.42. The fraction of sp³-hybridized carbons (Fsp3) is 0.231. The van der Waals surface area contributed by atoms with Crippen molar-refractivity contribution in [3.05, 3.63) is 96.1 Å². The Hall–Kier alpha value is -3.40. The zero-order chi connectivity index (χ0) is 21.1. The summed E-state index contributed by atoms with van der Waals surface area (Å²) in [5.41, 5.74) is 3.44. The molecular formula is C26H26N2O2. The van der Waals surface area contributed by atoms with Gasteiger partial charge in [0, 0.05) is 29.4 Å². The van der Waals surface area contributed by atoms with E-state index in [1.807, 2.05) is 102 Å². The fourth-order valence-electron chi connectivity index (χ4n) is 4.31. The molecule has 152 valence electrons. The smallest absolute Gasteiger partial charge is 0.258 e. The van der Waals surface area contributed by atoms with Crippen LogP contribution < -0.4 is 9.80 Å². The Morgan fingerprint density at radius 2 is 1.50 bits per heavy atom. The molecular weight excluding hydrogens is 372 g/mol. The first kappa shape index (κ1) is 19.9. The lowest BCUT2D eigenvalue weighted by molar-refractivity contribution is -0.118. The van der Waals surface area contributed by atoms with Crippen molar-refractivity contribution < 1.29 is 9.59 Å². The minimum atomic E-state index is -0.120. The van der Waals surface area contributed by atoms with E-state index < -0.39 is 0 Å². The van der Waals surface area contributed by atoms with E-state index >= 15 is 0 Å². The van der Waals surface area contributed by atoms with Crippen molar-refractivity contribution in [2.24, 2.45) is 0 Å². The monoisotopic (exact) mass is 398 g/mol. The van der Waals surface area contributed by atoms with Crippen molar-refractivity contribution in [2.75, 3.05) is 9.80 Å². The Kier molecular flexibility index (Phi) is 5.66. The average molecular weight is 399 g/mol. The third-order valence-electron chi connectivity index (χ3n) is 5.72. The van der Waals surface area contributed by atoms with Crippen molar-refractivity contribution in [1.82, 2.24) is 0 Å². The van der Waals surface area contributed by atoms with Crippen LogP contribution in [-0.4, -0.2) is 17.9 Å². The standard InChI is InChI=1S/C26H26N2O2/c1-3-25(29)28(21-14-8-5-9-15-21)24-18-19(2)27(23-17-11-10-16-22(23)24)26(30)20-12-6-4-7-13-20/h4-17,19,24H,3,18H2,1-2H3/t19-,24-/m1/s1. The van der Waals surface area contributed by atoms with Crippen LogP contribution in [0.15, 0.2) is 84.9 Å². The second kappa shape index (κ2) is 8.54. The van der Waals surface area contributed by atoms with Crippen LogP contribution in [0.4, 0.5) is 11.4 Å². The molecule has 3 aromatic carbocycles. The van der Waals surface area contributed by atoms with Crippen molar-refractivity contribution in [3.63, 3.8) is 0 Å². The lowest BCUT2D eigenvalue weighted by Gasteiger charge is -2.43. The van der Waals surface area contributed by atoms with Gasteiger partial charge in [-0.3, -0.25) is 9.59 Å². The van der Waals surface area contributed by atoms with Gasteiger partial charge < -0.3 is 9.80 Å². The summed E-state index contributed by atoms with van der Waals surface area (Å²) in [6.45, 7) is 3.95. The predicted octanol–water partition coefficient (Wildman–Crippen LogP) is 5.61. The summed E-state index contributed by atoms with van der Waals surface area (Å²) in [5.74, 6) is 0.0677. The van der Waals surface area contributed by atoms with Gasteiger partial charge in [0.1, 0.15) is 0 Å². The topological polar surface area (TPSA) is 40.6 Å². The van der Waals surface area contributed by atoms with Crippen LogP contribution in [0.1, 0.15) is 48.7 Å². The van der Waals surface area contributed by atoms with Crippen LogP contribution in [-0.2, 0) is 4.79 Å². The van der Waals surface area contributed by atoms with E-state index in [1.54, 1.807) is 0 Å². The summed E-state index contributed by atoms with van der Waals surface area (Å²) in [6.07, 6.45) is 1.10. The normalized spacial score (nSPS) is 17.9. The Morgan fingerprint density at radius 3 is 2.17 bits per heavy atom. The van der Waals surface area contributed by atoms with Crippen LogP contribution in [0.5, 0.6) is 0 Å². The van der Waals surface area contributed by atoms with E-state index in [-0.39, 0.29) is 23.9 Å². The van der Waals surface area contributed by atoms with Gasteiger partial charge in [-0.15, -0.1) is 0 Å². The Bertz CT molecular complexity index is 1030. The van der Waals surface area contributed by atoms with Gasteiger partial charge in [0.2, 0.25) is 5.91 Å². The highest BCUT2D eigenvalue weighted by Gasteiger charge is 2.38. The molecule has 0 bridgehead atoms. The van der Waals surface area contributed by atoms with Gasteiger partial charge in [0.05, 0.1) is 6.04 Å². The lowest BCUT2D eigenvalue weighted by Crippen LogP contribution is -2.47. The molecule has 0 saturated heterocycles. The van der Waals surface area contributed by atoms with E-state index in [1.165, 1.54) is 0 Å². The molecule has 1 heterocycles. The van der Waals surface area contributed by atoms with Crippen LogP contribution in [0.3, 0.4) is 0 Å². The summed E-state index contributed by atoms with van der Waals surface area (Å²) in [7, 11) is 0. The third-order valence-corrected chi connectivity index (χ3v) is 5.72. The maximum absolute atomic E-state index is 13.4. The lowest BCUT2D eigenvalue weighted by atomic mass is 9.89. The highest BCUT2D eigenvalue weighted by molar-refractivity contribution is 6.07. The first-order chi connectivity index (χ1) is 14.6. The number of nitrogens with zero attached hydrogens (tertiary/aromatic N) is 2. The maximum atomic E-state index is 13.4. The summed E-state index contributed by atoms with van der Waals surface area (Å²) in [5, 5.41) is 0. The SMILES string of the molecule is CCC(=O)N(c1ccccc1)[C@@H]1C[C@@H](C)N(C(=O)c2ccccc2)c2ccccc21. The summed E-state index contributed by atoms with van der Waals surface area (Å²) in [4.78, 5) is 30.1. The molecule has 0 spiro atoms. The van der Waals surface area contributed by atoms with Gasteiger partial charge >= 0.3 is 0 Å². The summed E-state index contributed by atoms with van der Waals surface area (Å²) in [6, 6.07) is 27.0. The molecule has 4 heteroatoms. The Morgan fingerprint density at radius 1 is 0.900 bits per heavy atom. The quantitative estimate of drug-likeness (QED) is 0.573. The molecule has 0 aromatic heterocycles. The van der Waals surface area contributed by atoms with Gasteiger partial charge in [-0.25, -0.2) is 0 Å². The Balaban J connectivity index is 1.79. The first-order valence-electron chi connectivity index (χ1n) is 10.5. The second-order valence-electron chi connectivity index (χ2n) is 7.65. The number of anilines is 2. The largest absolute Gasteiger partial charge is 0.305 e. The van der Waals surface area contributed by atoms with Crippen LogP contribution in [0.2, 0.25) is 0 Å². The molecule has 4 nitrogen and oxygen atoms in total. The molecule has 2 atom stereocenters. The van der Waals surface area contributed by atoms with E-state index in [2.05, 4.69) is 6.92 Å². The molecule has 2 amide bonds. The molecule has 1 aliphatic rings. The van der Waals surface area contributed by atoms with Crippen molar-refractivity contribution in [2.45, 2.75) is 38.8 Å². The number of hydrogen-bond donors (Lipinski definition) is 0. The number of benzene rings is 3. The molecule has 1 aliphatic heterocycles. The van der Waals surface area contributed by atoms with E-state index in [9.17, 15) is 9.59 Å². The average Bonchev–Trinajstić information content (AvgIpc) is 2.80. The summed E-state index contributed by atoms with van der Waals surface area (Å²) < 4.78 is 0. The molecule has 4 rings (SSSR count). The second-order valence-corrected chi connectivity index (χ2v) is 7.65. The van der Waals surface area contributed by atoms with Crippen molar-refractivity contribution in [3.8, 4) is 0 Å². The number of amides is 2. The molecule has 0 unspecified atom stereocenters. The minimum absolute atomic E-state index is 0.0120. The maximum Gasteiger partial charge on any atom is 0.258 e. The van der Waals surface area contributed by atoms with Gasteiger partial charge in [-0.1, -0.05) is 61.5 Å². The van der Waals surface area contributed by atoms with Crippen molar-refractivity contribution in [1.29, 1.82) is 0 Å². The van der Waals surface area contributed by atoms with Crippen LogP contribution in [0.25, 0.3) is 0 Å². The first-order valence-corrected chi connectivity index (χ1v) is 10.5. The zero-order valence-corrected chi connectivity index (χ0v) is 17.4. The number of rotatable bonds is 4. The minimum Gasteiger partial charge on any atom is -0.305 e. The fourth-order valence-corrected chi connectivity index (χ4v) is 4.31. The van der Waals surface area contributed by atoms with Crippen molar-refractivity contribution >= 4 is 23.2 Å². The van der Waals surface area contributed by atoms with Gasteiger partial charge in [0.15, 0.2) is 0 Å². The molecule has 3 aromatic rings. The molecule has 0 N–H and O–H groups in total. The predicted molar refractivity (Wildman–Crippen MR) is 121 cm³/mol. The highest BCUT2D eigenvalue weighted by atomic mass is 16.2. The number of carbonyl (C=O) groups excluding carboxylic acids is 2. The van der Waals surface area contributed by atoms with E-state index in [0.29, 0.717) is 18.4 Å². The van der Waals surface area contributed by atoms with E-state index in [0.717, 1.165) is 16.9 Å². The number of para-hydroxylation sites is 2. The van der Waals surface area contributed by atoms with Crippen LogP contribution >= 0.6 is 0 Å². The third kappa shape index (κ3) is 3.61. The Labute approximate surface area is 177 Å². The molecule has 0 saturated carbocycles. The molecule has 30 heavy (non-hydrogen) atoms. The summed E-state index contributed by atoms with van der Waals surface area (Å²) >= 11 is 0. The van der Waals surface area contributed by atoms with E-state index in [4.69, 9.17) is 0 Å².